The van der Waals surface area contributed by atoms with E-state index in [1.807, 2.05) is 6.07 Å². The van der Waals surface area contributed by atoms with Gasteiger partial charge in [0.25, 0.3) is 5.56 Å². The van der Waals surface area contributed by atoms with Crippen LogP contribution in [0, 0.1) is 0 Å². The molecule has 12 nitrogen and oxygen atoms in total. The van der Waals surface area contributed by atoms with E-state index in [2.05, 4.69) is 25.5 Å². The number of hydrogen-bond donors (Lipinski definition) is 2. The number of benzene rings is 2. The Labute approximate surface area is 255 Å². The predicted octanol–water partition coefficient (Wildman–Crippen LogP) is 5.24. The predicted molar refractivity (Wildman–Crippen MR) is 161 cm³/mol. The fraction of sp³-hybridized carbons (Fsp3) is 0.241. The molecular weight excluding hydrogens is 595 g/mol. The summed E-state index contributed by atoms with van der Waals surface area (Å²) in [6, 6.07) is 15.6. The lowest BCUT2D eigenvalue weighted by Gasteiger charge is -2.19. The van der Waals surface area contributed by atoms with Crippen molar-refractivity contribution in [3.05, 3.63) is 92.8 Å². The number of aromatic amines is 1. The van der Waals surface area contributed by atoms with E-state index in [1.54, 1.807) is 60.2 Å². The molecule has 0 spiro atoms. The second-order valence-electron chi connectivity index (χ2n) is 10.0. The van der Waals surface area contributed by atoms with Crippen molar-refractivity contribution in [2.45, 2.75) is 25.3 Å². The summed E-state index contributed by atoms with van der Waals surface area (Å²) in [7, 11) is 1.58. The number of rotatable bonds is 9. The van der Waals surface area contributed by atoms with Gasteiger partial charge in [-0.25, -0.2) is 9.78 Å². The molecule has 0 saturated carbocycles. The fourth-order valence-corrected chi connectivity index (χ4v) is 5.89. The van der Waals surface area contributed by atoms with E-state index in [-0.39, 0.29) is 16.8 Å². The molecule has 43 heavy (non-hydrogen) atoms. The molecular formula is C29H26Cl2N8O4. The van der Waals surface area contributed by atoms with Gasteiger partial charge in [0.05, 0.1) is 17.4 Å². The second kappa shape index (κ2) is 12.0. The van der Waals surface area contributed by atoms with E-state index < -0.39 is 6.09 Å². The highest BCUT2D eigenvalue weighted by molar-refractivity contribution is 6.31. The molecule has 14 heteroatoms. The summed E-state index contributed by atoms with van der Waals surface area (Å²) in [6.45, 7) is 0.777. The number of methoxy groups -OCH3 is 1. The standard InChI is InChI=1S/C29H26Cl2N8O4/c1-43-12-2-11-37(29(41)42)20-6-3-17(4-7-20)28-33-26(27(31)34-28)24-10-8-21-13-18(14-25(40)39(21)24)22-15-19(30)5-9-23(22)38-16-32-35-36-38/h3-7,9,13-16,24H,2,8,10-12H2,1H3,(H,33,34)(H,41,42)/t24-/m0/s1. The van der Waals surface area contributed by atoms with Crippen LogP contribution < -0.4 is 10.5 Å². The maximum atomic E-state index is 13.6. The average Bonchev–Trinajstić information content (AvgIpc) is 3.76. The molecule has 1 aliphatic heterocycles. The number of tetrazole rings is 1. The summed E-state index contributed by atoms with van der Waals surface area (Å²) in [5, 5.41) is 21.9. The van der Waals surface area contributed by atoms with Crippen molar-refractivity contribution in [3.63, 3.8) is 0 Å². The number of carboxylic acid groups (broad SMARTS) is 1. The molecule has 0 fully saturated rings. The van der Waals surface area contributed by atoms with E-state index in [0.29, 0.717) is 65.9 Å². The van der Waals surface area contributed by atoms with E-state index in [1.165, 1.54) is 15.9 Å². The van der Waals surface area contributed by atoms with Gasteiger partial charge in [0.1, 0.15) is 12.2 Å². The first-order chi connectivity index (χ1) is 20.8. The SMILES string of the molecule is COCCCN(C(=O)O)c1ccc(-c2nc(Cl)c([C@@H]3CCc4cc(-c5cc(Cl)ccc5-n5cnnn5)cc(=O)n43)[nH]2)cc1. The van der Waals surface area contributed by atoms with Gasteiger partial charge in [-0.3, -0.25) is 9.69 Å². The van der Waals surface area contributed by atoms with Gasteiger partial charge in [-0.1, -0.05) is 23.2 Å². The number of H-pyrrole nitrogens is 1. The number of nitrogens with zero attached hydrogens (tertiary/aromatic N) is 7. The van der Waals surface area contributed by atoms with Crippen molar-refractivity contribution in [2.75, 3.05) is 25.2 Å². The maximum absolute atomic E-state index is 13.6. The third-order valence-electron chi connectivity index (χ3n) is 7.43. The largest absolute Gasteiger partial charge is 0.465 e. The Morgan fingerprint density at radius 1 is 1.14 bits per heavy atom. The molecule has 0 radical (unpaired) electrons. The number of aromatic nitrogens is 7. The second-order valence-corrected chi connectivity index (χ2v) is 10.8. The Morgan fingerprint density at radius 3 is 2.67 bits per heavy atom. The maximum Gasteiger partial charge on any atom is 0.411 e. The normalized spacial score (nSPS) is 14.2. The van der Waals surface area contributed by atoms with Crippen molar-refractivity contribution in [2.24, 2.45) is 0 Å². The molecule has 1 atom stereocenters. The first kappa shape index (κ1) is 28.6. The molecule has 2 N–H and O–H groups in total. The van der Waals surface area contributed by atoms with Crippen LogP contribution in [0.5, 0.6) is 0 Å². The number of aryl methyl sites for hydroxylation is 1. The van der Waals surface area contributed by atoms with Gasteiger partial charge in [0.2, 0.25) is 0 Å². The van der Waals surface area contributed by atoms with Gasteiger partial charge in [-0.15, -0.1) is 5.10 Å². The Morgan fingerprint density at radius 2 is 1.95 bits per heavy atom. The molecule has 2 aromatic carbocycles. The molecule has 3 aromatic heterocycles. The Kier molecular flexibility index (Phi) is 7.98. The monoisotopic (exact) mass is 620 g/mol. The number of ether oxygens (including phenoxy) is 1. The van der Waals surface area contributed by atoms with Gasteiger partial charge >= 0.3 is 6.09 Å². The van der Waals surface area contributed by atoms with E-state index in [9.17, 15) is 14.7 Å². The van der Waals surface area contributed by atoms with Crippen LogP contribution in [-0.2, 0) is 11.2 Å². The van der Waals surface area contributed by atoms with Crippen LogP contribution in [0.3, 0.4) is 0 Å². The van der Waals surface area contributed by atoms with E-state index >= 15 is 0 Å². The lowest BCUT2D eigenvalue weighted by Crippen LogP contribution is -2.30. The van der Waals surface area contributed by atoms with Crippen LogP contribution in [0.25, 0.3) is 28.2 Å². The number of anilines is 1. The number of amides is 1. The number of halogens is 2. The summed E-state index contributed by atoms with van der Waals surface area (Å²) in [6.07, 6.45) is 2.33. The highest BCUT2D eigenvalue weighted by Crippen LogP contribution is 2.37. The van der Waals surface area contributed by atoms with Crippen LogP contribution in [0.2, 0.25) is 10.2 Å². The lowest BCUT2D eigenvalue weighted by molar-refractivity contribution is 0.189. The summed E-state index contributed by atoms with van der Waals surface area (Å²) >= 11 is 12.9. The van der Waals surface area contributed by atoms with Gasteiger partial charge in [-0.05, 0) is 83.8 Å². The Hall–Kier alpha value is -4.52. The first-order valence-electron chi connectivity index (χ1n) is 13.5. The van der Waals surface area contributed by atoms with Crippen molar-refractivity contribution in [3.8, 4) is 28.2 Å². The molecule has 0 bridgehead atoms. The van der Waals surface area contributed by atoms with E-state index in [0.717, 1.165) is 16.8 Å². The van der Waals surface area contributed by atoms with Crippen LogP contribution in [0.4, 0.5) is 10.5 Å². The summed E-state index contributed by atoms with van der Waals surface area (Å²) in [5.41, 5.74) is 4.72. The number of nitrogens with one attached hydrogen (secondary N) is 1. The van der Waals surface area contributed by atoms with Gasteiger partial charge < -0.3 is 19.4 Å². The van der Waals surface area contributed by atoms with Crippen molar-refractivity contribution >= 4 is 35.0 Å². The Balaban J connectivity index is 1.29. The fourth-order valence-electron chi connectivity index (χ4n) is 5.46. The van der Waals surface area contributed by atoms with Crippen molar-refractivity contribution < 1.29 is 14.6 Å². The molecule has 4 heterocycles. The number of fused-ring (bicyclic) bond motifs is 1. The zero-order chi connectivity index (χ0) is 30.1. The average molecular weight is 621 g/mol. The van der Waals surface area contributed by atoms with Crippen LogP contribution in [0.15, 0.2) is 65.7 Å². The number of hydrogen-bond acceptors (Lipinski definition) is 7. The highest BCUT2D eigenvalue weighted by atomic mass is 35.5. The first-order valence-corrected chi connectivity index (χ1v) is 14.2. The number of carbonyl (C=O) groups is 1. The molecule has 6 rings (SSSR count). The van der Waals surface area contributed by atoms with Gasteiger partial charge in [0.15, 0.2) is 5.15 Å². The van der Waals surface area contributed by atoms with Gasteiger partial charge in [0, 0.05) is 53.9 Å². The molecule has 0 aliphatic carbocycles. The summed E-state index contributed by atoms with van der Waals surface area (Å²) in [4.78, 5) is 34.4. The molecule has 220 valence electrons. The minimum absolute atomic E-state index is 0.184. The highest BCUT2D eigenvalue weighted by Gasteiger charge is 2.30. The van der Waals surface area contributed by atoms with Crippen LogP contribution in [0.1, 0.15) is 30.3 Å². The summed E-state index contributed by atoms with van der Waals surface area (Å²) in [5.74, 6) is 0.524. The molecule has 5 aromatic rings. The third kappa shape index (κ3) is 5.64. The Bertz CT molecular complexity index is 1840. The smallest absolute Gasteiger partial charge is 0.411 e. The number of imidazole rings is 1. The van der Waals surface area contributed by atoms with Crippen molar-refractivity contribution in [1.29, 1.82) is 0 Å². The molecule has 0 saturated heterocycles. The quantitative estimate of drug-likeness (QED) is 0.213. The number of pyridine rings is 1. The van der Waals surface area contributed by atoms with Crippen molar-refractivity contribution in [1.82, 2.24) is 34.7 Å². The third-order valence-corrected chi connectivity index (χ3v) is 7.95. The zero-order valence-corrected chi connectivity index (χ0v) is 24.5. The molecule has 0 unspecified atom stereocenters. The molecule has 1 amide bonds. The summed E-state index contributed by atoms with van der Waals surface area (Å²) < 4.78 is 8.30. The lowest BCUT2D eigenvalue weighted by atomic mass is 10.0. The van der Waals surface area contributed by atoms with Gasteiger partial charge in [-0.2, -0.15) is 4.68 Å². The van der Waals surface area contributed by atoms with Crippen LogP contribution in [-0.4, -0.2) is 66.2 Å². The molecule has 1 aliphatic rings. The van der Waals surface area contributed by atoms with Crippen LogP contribution >= 0.6 is 23.2 Å². The topological polar surface area (TPSA) is 144 Å². The minimum Gasteiger partial charge on any atom is -0.465 e. The minimum atomic E-state index is -1.04. The van der Waals surface area contributed by atoms with E-state index in [4.69, 9.17) is 27.9 Å². The zero-order valence-electron chi connectivity index (χ0n) is 22.9.